The second-order valence-electron chi connectivity index (χ2n) is 5.08. The zero-order valence-electron chi connectivity index (χ0n) is 12.5. The van der Waals surface area contributed by atoms with Gasteiger partial charge in [0.15, 0.2) is 0 Å². The fourth-order valence-corrected chi connectivity index (χ4v) is 2.08. The van der Waals surface area contributed by atoms with Crippen molar-refractivity contribution < 1.29 is 4.74 Å². The lowest BCUT2D eigenvalue weighted by Gasteiger charge is -2.18. The average Bonchev–Trinajstić information content (AvgIpc) is 2.46. The predicted molar refractivity (Wildman–Crippen MR) is 82.8 cm³/mol. The molecule has 19 heavy (non-hydrogen) atoms. The molecule has 0 saturated carbocycles. The van der Waals surface area contributed by atoms with Crippen molar-refractivity contribution in [3.63, 3.8) is 0 Å². The number of rotatable bonds is 11. The Balaban J connectivity index is 2.09. The van der Waals surface area contributed by atoms with Gasteiger partial charge < -0.3 is 10.1 Å². The summed E-state index contributed by atoms with van der Waals surface area (Å²) in [5.41, 5.74) is 0. The Kier molecular flexibility index (Phi) is 9.17. The molecule has 0 fully saturated rings. The number of hydrogen-bond acceptors (Lipinski definition) is 2. The molecule has 2 heteroatoms. The van der Waals surface area contributed by atoms with E-state index < -0.39 is 0 Å². The van der Waals surface area contributed by atoms with Gasteiger partial charge in [-0.3, -0.25) is 0 Å². The number of ether oxygens (including phenoxy) is 1. The smallest absolute Gasteiger partial charge is 0.119 e. The lowest BCUT2D eigenvalue weighted by atomic mass is 10.1. The maximum atomic E-state index is 5.95. The van der Waals surface area contributed by atoms with Crippen molar-refractivity contribution in [1.29, 1.82) is 0 Å². The second kappa shape index (κ2) is 10.9. The Morgan fingerprint density at radius 1 is 1.00 bits per heavy atom. The molecule has 0 aliphatic rings. The Morgan fingerprint density at radius 3 is 2.42 bits per heavy atom. The molecule has 0 aromatic heterocycles. The normalized spacial score (nSPS) is 12.3. The van der Waals surface area contributed by atoms with Gasteiger partial charge in [-0.15, -0.1) is 0 Å². The van der Waals surface area contributed by atoms with Crippen LogP contribution in [0.1, 0.15) is 52.4 Å². The summed E-state index contributed by atoms with van der Waals surface area (Å²) in [5.74, 6) is 0.971. The molecule has 1 aromatic rings. The number of unbranched alkanes of at least 4 members (excludes halogenated alkanes) is 4. The molecule has 2 nitrogen and oxygen atoms in total. The highest BCUT2D eigenvalue weighted by molar-refractivity contribution is 5.21. The van der Waals surface area contributed by atoms with Crippen molar-refractivity contribution >= 4 is 0 Å². The van der Waals surface area contributed by atoms with Crippen molar-refractivity contribution in [1.82, 2.24) is 5.32 Å². The van der Waals surface area contributed by atoms with Crippen molar-refractivity contribution in [2.45, 2.75) is 58.5 Å². The summed E-state index contributed by atoms with van der Waals surface area (Å²) in [4.78, 5) is 0. The minimum atomic E-state index is 0.276. The van der Waals surface area contributed by atoms with E-state index in [2.05, 4.69) is 19.2 Å². The van der Waals surface area contributed by atoms with E-state index in [1.54, 1.807) is 0 Å². The van der Waals surface area contributed by atoms with Crippen LogP contribution < -0.4 is 10.1 Å². The van der Waals surface area contributed by atoms with Gasteiger partial charge in [0.2, 0.25) is 0 Å². The molecule has 0 amide bonds. The number of benzene rings is 1. The minimum absolute atomic E-state index is 0.276. The monoisotopic (exact) mass is 263 g/mol. The van der Waals surface area contributed by atoms with Crippen molar-refractivity contribution in [3.05, 3.63) is 30.3 Å². The van der Waals surface area contributed by atoms with E-state index >= 15 is 0 Å². The molecule has 0 radical (unpaired) electrons. The van der Waals surface area contributed by atoms with Crippen LogP contribution >= 0.6 is 0 Å². The maximum Gasteiger partial charge on any atom is 0.119 e. The summed E-state index contributed by atoms with van der Waals surface area (Å²) in [7, 11) is 0. The van der Waals surface area contributed by atoms with E-state index in [1.165, 1.54) is 32.1 Å². The first-order chi connectivity index (χ1) is 9.36. The summed E-state index contributed by atoms with van der Waals surface area (Å²) in [6.07, 6.45) is 8.00. The highest BCUT2D eigenvalue weighted by Gasteiger charge is 2.06. The van der Waals surface area contributed by atoms with Gasteiger partial charge in [0.05, 0.1) is 0 Å². The molecule has 0 aliphatic carbocycles. The number of hydrogen-bond donors (Lipinski definition) is 1. The van der Waals surface area contributed by atoms with Crippen LogP contribution in [0.2, 0.25) is 0 Å². The van der Waals surface area contributed by atoms with Crippen molar-refractivity contribution in [2.24, 2.45) is 0 Å². The van der Waals surface area contributed by atoms with Gasteiger partial charge in [-0.1, -0.05) is 57.7 Å². The van der Waals surface area contributed by atoms with Crippen molar-refractivity contribution in [3.8, 4) is 5.75 Å². The molecule has 0 aliphatic heterocycles. The third-order valence-electron chi connectivity index (χ3n) is 3.33. The van der Waals surface area contributed by atoms with E-state index in [1.807, 2.05) is 30.3 Å². The third-order valence-corrected chi connectivity index (χ3v) is 3.33. The zero-order valence-corrected chi connectivity index (χ0v) is 12.5. The molecule has 1 N–H and O–H groups in total. The fourth-order valence-electron chi connectivity index (χ4n) is 2.08. The van der Waals surface area contributed by atoms with Gasteiger partial charge in [-0.05, 0) is 31.5 Å². The maximum absolute atomic E-state index is 5.95. The lowest BCUT2D eigenvalue weighted by Crippen LogP contribution is -2.31. The third kappa shape index (κ3) is 7.89. The molecule has 1 aromatic carbocycles. The molecule has 0 spiro atoms. The highest BCUT2D eigenvalue weighted by atomic mass is 16.5. The van der Waals surface area contributed by atoms with Crippen LogP contribution in [0, 0.1) is 0 Å². The largest absolute Gasteiger partial charge is 0.489 e. The summed E-state index contributed by atoms with van der Waals surface area (Å²) >= 11 is 0. The molecule has 0 bridgehead atoms. The Morgan fingerprint density at radius 2 is 1.74 bits per heavy atom. The van der Waals surface area contributed by atoms with Crippen LogP contribution in [-0.4, -0.2) is 19.2 Å². The Hall–Kier alpha value is -1.02. The van der Waals surface area contributed by atoms with Gasteiger partial charge in [-0.25, -0.2) is 0 Å². The standard InChI is InChI=1S/C17H29NO/c1-3-5-6-7-11-14-18-15-16(4-2)19-17-12-9-8-10-13-17/h8-10,12-13,16,18H,3-7,11,14-15H2,1-2H3. The van der Waals surface area contributed by atoms with Crippen LogP contribution in [0.3, 0.4) is 0 Å². The molecule has 0 heterocycles. The number of para-hydroxylation sites is 1. The molecule has 0 saturated heterocycles. The molecular weight excluding hydrogens is 234 g/mol. The topological polar surface area (TPSA) is 21.3 Å². The molecule has 108 valence electrons. The van der Waals surface area contributed by atoms with Crippen LogP contribution in [0.25, 0.3) is 0 Å². The number of nitrogens with one attached hydrogen (secondary N) is 1. The summed E-state index contributed by atoms with van der Waals surface area (Å²) in [6.45, 7) is 6.49. The fraction of sp³-hybridized carbons (Fsp3) is 0.647. The zero-order chi connectivity index (χ0) is 13.8. The van der Waals surface area contributed by atoms with Crippen LogP contribution in [0.15, 0.2) is 30.3 Å². The summed E-state index contributed by atoms with van der Waals surface area (Å²) in [5, 5.41) is 3.51. The lowest BCUT2D eigenvalue weighted by molar-refractivity contribution is 0.193. The van der Waals surface area contributed by atoms with E-state index in [0.29, 0.717) is 0 Å². The van der Waals surface area contributed by atoms with E-state index in [0.717, 1.165) is 25.3 Å². The van der Waals surface area contributed by atoms with E-state index in [4.69, 9.17) is 4.74 Å². The highest BCUT2D eigenvalue weighted by Crippen LogP contribution is 2.12. The molecule has 1 unspecified atom stereocenters. The van der Waals surface area contributed by atoms with Crippen LogP contribution in [-0.2, 0) is 0 Å². The molecule has 1 rings (SSSR count). The first-order valence-corrected chi connectivity index (χ1v) is 7.79. The van der Waals surface area contributed by atoms with Gasteiger partial charge in [-0.2, -0.15) is 0 Å². The first-order valence-electron chi connectivity index (χ1n) is 7.79. The summed E-state index contributed by atoms with van der Waals surface area (Å²) < 4.78 is 5.95. The summed E-state index contributed by atoms with van der Waals surface area (Å²) in [6, 6.07) is 10.1. The predicted octanol–water partition coefficient (Wildman–Crippen LogP) is 4.40. The SMILES string of the molecule is CCCCCCCNCC(CC)Oc1ccccc1. The van der Waals surface area contributed by atoms with Gasteiger partial charge in [0, 0.05) is 6.54 Å². The Labute approximate surface area is 118 Å². The first kappa shape index (κ1) is 16.0. The van der Waals surface area contributed by atoms with Crippen LogP contribution in [0.5, 0.6) is 5.75 Å². The van der Waals surface area contributed by atoms with Crippen LogP contribution in [0.4, 0.5) is 0 Å². The van der Waals surface area contributed by atoms with Gasteiger partial charge in [0.1, 0.15) is 11.9 Å². The Bertz CT molecular complexity index is 299. The minimum Gasteiger partial charge on any atom is -0.489 e. The quantitative estimate of drug-likeness (QED) is 0.597. The van der Waals surface area contributed by atoms with Gasteiger partial charge >= 0.3 is 0 Å². The molecule has 1 atom stereocenters. The van der Waals surface area contributed by atoms with E-state index in [-0.39, 0.29) is 6.10 Å². The average molecular weight is 263 g/mol. The van der Waals surface area contributed by atoms with E-state index in [9.17, 15) is 0 Å². The molecular formula is C17H29NO. The second-order valence-corrected chi connectivity index (χ2v) is 5.08. The van der Waals surface area contributed by atoms with Crippen molar-refractivity contribution in [2.75, 3.05) is 13.1 Å². The van der Waals surface area contributed by atoms with Gasteiger partial charge in [0.25, 0.3) is 0 Å².